The molecule has 1 heterocycles. The lowest BCUT2D eigenvalue weighted by Gasteiger charge is -2.05. The lowest BCUT2D eigenvalue weighted by atomic mass is 10.2. The van der Waals surface area contributed by atoms with Crippen molar-refractivity contribution in [1.82, 2.24) is 5.43 Å². The maximum absolute atomic E-state index is 12.3. The number of non-ortho nitro benzene ring substituents is 1. The van der Waals surface area contributed by atoms with E-state index < -0.39 is 4.92 Å². The molecule has 0 unspecified atom stereocenters. The third-order valence-electron chi connectivity index (χ3n) is 3.52. The molecule has 0 bridgehead atoms. The van der Waals surface area contributed by atoms with Crippen molar-refractivity contribution in [3.8, 4) is 5.75 Å². The van der Waals surface area contributed by atoms with Gasteiger partial charge < -0.3 is 4.74 Å². The second-order valence-electron chi connectivity index (χ2n) is 5.26. The van der Waals surface area contributed by atoms with Gasteiger partial charge in [-0.2, -0.15) is 5.10 Å². The summed E-state index contributed by atoms with van der Waals surface area (Å²) in [5.74, 6) is 0.307. The molecule has 1 N–H and O–H groups in total. The molecule has 0 saturated carbocycles. The minimum atomic E-state index is -0.461. The van der Waals surface area contributed by atoms with Gasteiger partial charge in [-0.05, 0) is 31.2 Å². The number of ether oxygens (including phenoxy) is 1. The number of rotatable bonds is 6. The zero-order chi connectivity index (χ0) is 18.5. The molecule has 7 nitrogen and oxygen atoms in total. The summed E-state index contributed by atoms with van der Waals surface area (Å²) in [5.41, 5.74) is 3.21. The summed E-state index contributed by atoms with van der Waals surface area (Å²) >= 11 is 1.25. The molecule has 1 aromatic heterocycles. The minimum Gasteiger partial charge on any atom is -0.493 e. The average molecular weight is 369 g/mol. The summed E-state index contributed by atoms with van der Waals surface area (Å²) in [7, 11) is 0. The fourth-order valence-electron chi connectivity index (χ4n) is 2.35. The predicted molar refractivity (Wildman–Crippen MR) is 101 cm³/mol. The van der Waals surface area contributed by atoms with Crippen LogP contribution in [0.1, 0.15) is 22.2 Å². The van der Waals surface area contributed by atoms with Crippen LogP contribution in [0.2, 0.25) is 0 Å². The van der Waals surface area contributed by atoms with Crippen LogP contribution in [0.15, 0.2) is 53.6 Å². The monoisotopic (exact) mass is 369 g/mol. The number of hydrogen-bond donors (Lipinski definition) is 1. The van der Waals surface area contributed by atoms with E-state index in [-0.39, 0.29) is 11.6 Å². The van der Waals surface area contributed by atoms with Crippen LogP contribution in [0, 0.1) is 10.1 Å². The molecule has 26 heavy (non-hydrogen) atoms. The second kappa shape index (κ2) is 7.75. The third kappa shape index (κ3) is 3.86. The predicted octanol–water partition coefficient (Wildman–Crippen LogP) is 3.97. The molecule has 8 heteroatoms. The van der Waals surface area contributed by atoms with Crippen LogP contribution in [0.3, 0.4) is 0 Å². The summed E-state index contributed by atoms with van der Waals surface area (Å²) in [6.45, 7) is 2.42. The maximum atomic E-state index is 12.3. The van der Waals surface area contributed by atoms with E-state index in [4.69, 9.17) is 4.74 Å². The van der Waals surface area contributed by atoms with Crippen molar-refractivity contribution in [1.29, 1.82) is 0 Å². The molecule has 0 spiro atoms. The molecule has 0 saturated heterocycles. The summed E-state index contributed by atoms with van der Waals surface area (Å²) in [4.78, 5) is 23.1. The Labute approximate surface area is 153 Å². The number of hydrogen-bond acceptors (Lipinski definition) is 6. The largest absolute Gasteiger partial charge is 0.493 e. The number of amides is 1. The maximum Gasteiger partial charge on any atom is 0.281 e. The lowest BCUT2D eigenvalue weighted by molar-refractivity contribution is -0.384. The Kier molecular flexibility index (Phi) is 5.23. The van der Waals surface area contributed by atoms with Gasteiger partial charge in [0.1, 0.15) is 5.75 Å². The van der Waals surface area contributed by atoms with Crippen LogP contribution < -0.4 is 10.2 Å². The Morgan fingerprint density at radius 2 is 2.12 bits per heavy atom. The Morgan fingerprint density at radius 3 is 2.88 bits per heavy atom. The van der Waals surface area contributed by atoms with Crippen molar-refractivity contribution in [2.75, 3.05) is 6.61 Å². The molecule has 0 aliphatic carbocycles. The number of carbonyl (C=O) groups excluding carboxylic acids is 1. The van der Waals surface area contributed by atoms with Crippen molar-refractivity contribution in [3.63, 3.8) is 0 Å². The average Bonchev–Trinajstić information content (AvgIpc) is 3.06. The highest BCUT2D eigenvalue weighted by Gasteiger charge is 2.13. The molecule has 0 radical (unpaired) electrons. The second-order valence-corrected chi connectivity index (χ2v) is 6.34. The number of nitrogens with zero attached hydrogens (tertiary/aromatic N) is 2. The number of para-hydroxylation sites is 1. The van der Waals surface area contributed by atoms with Gasteiger partial charge in [-0.1, -0.05) is 12.1 Å². The number of hydrazone groups is 1. The van der Waals surface area contributed by atoms with Crippen LogP contribution in [0.4, 0.5) is 5.69 Å². The topological polar surface area (TPSA) is 93.8 Å². The van der Waals surface area contributed by atoms with Crippen LogP contribution in [-0.4, -0.2) is 23.7 Å². The van der Waals surface area contributed by atoms with Crippen molar-refractivity contribution >= 4 is 39.2 Å². The smallest absolute Gasteiger partial charge is 0.281 e. The van der Waals surface area contributed by atoms with Gasteiger partial charge in [-0.3, -0.25) is 14.9 Å². The number of thiophene rings is 1. The first-order valence-corrected chi connectivity index (χ1v) is 8.63. The van der Waals surface area contributed by atoms with E-state index in [0.29, 0.717) is 22.6 Å². The van der Waals surface area contributed by atoms with Gasteiger partial charge in [0.15, 0.2) is 0 Å². The van der Waals surface area contributed by atoms with Gasteiger partial charge in [-0.25, -0.2) is 5.43 Å². The number of benzene rings is 2. The number of nitro groups is 1. The third-order valence-corrected chi connectivity index (χ3v) is 4.64. The molecule has 0 fully saturated rings. The lowest BCUT2D eigenvalue weighted by Crippen LogP contribution is -2.16. The van der Waals surface area contributed by atoms with Crippen molar-refractivity contribution < 1.29 is 14.5 Å². The van der Waals surface area contributed by atoms with Gasteiger partial charge >= 0.3 is 0 Å². The molecule has 3 aromatic rings. The molecule has 0 atom stereocenters. The fourth-order valence-corrected chi connectivity index (χ4v) is 3.28. The van der Waals surface area contributed by atoms with Crippen LogP contribution in [0.25, 0.3) is 10.1 Å². The fraction of sp³-hybridized carbons (Fsp3) is 0.111. The van der Waals surface area contributed by atoms with E-state index >= 15 is 0 Å². The Hall–Kier alpha value is -3.26. The van der Waals surface area contributed by atoms with E-state index in [0.717, 1.165) is 10.3 Å². The number of carbonyl (C=O) groups is 1. The molecule has 1 amide bonds. The number of fused-ring (bicyclic) bond motifs is 1. The molecule has 0 aliphatic rings. The van der Waals surface area contributed by atoms with Gasteiger partial charge in [0.2, 0.25) is 0 Å². The van der Waals surface area contributed by atoms with E-state index in [1.807, 2.05) is 31.2 Å². The Morgan fingerprint density at radius 1 is 1.31 bits per heavy atom. The van der Waals surface area contributed by atoms with Crippen molar-refractivity contribution in [2.24, 2.45) is 5.10 Å². The molecule has 3 rings (SSSR count). The highest BCUT2D eigenvalue weighted by molar-refractivity contribution is 7.20. The standard InChI is InChI=1S/C18H15N3O4S/c1-2-25-15-6-4-3-5-12(15)11-19-20-18(22)17-10-13-9-14(21(23)24)7-8-16(13)26-17/h3-11H,2H2,1H3,(H,20,22)/b19-11+. The van der Waals surface area contributed by atoms with E-state index in [1.54, 1.807) is 12.1 Å². The SMILES string of the molecule is CCOc1ccccc1/C=N/NC(=O)c1cc2cc([N+](=O)[O-])ccc2s1. The van der Waals surface area contributed by atoms with Crippen LogP contribution in [-0.2, 0) is 0 Å². The quantitative estimate of drug-likeness (QED) is 0.404. The summed E-state index contributed by atoms with van der Waals surface area (Å²) < 4.78 is 6.29. The Balaban J connectivity index is 1.74. The number of nitrogens with one attached hydrogen (secondary N) is 1. The number of nitro benzene ring substituents is 1. The van der Waals surface area contributed by atoms with Gasteiger partial charge in [0.05, 0.1) is 22.6 Å². The normalized spacial score (nSPS) is 11.0. The van der Waals surface area contributed by atoms with E-state index in [2.05, 4.69) is 10.5 Å². The molecule has 2 aromatic carbocycles. The minimum absolute atomic E-state index is 0.00666. The van der Waals surface area contributed by atoms with Gasteiger partial charge in [0.25, 0.3) is 11.6 Å². The summed E-state index contributed by atoms with van der Waals surface area (Å²) in [5, 5.41) is 15.5. The zero-order valence-electron chi connectivity index (χ0n) is 13.8. The zero-order valence-corrected chi connectivity index (χ0v) is 14.7. The molecule has 132 valence electrons. The van der Waals surface area contributed by atoms with Gasteiger partial charge in [-0.15, -0.1) is 11.3 Å². The highest BCUT2D eigenvalue weighted by Crippen LogP contribution is 2.28. The highest BCUT2D eigenvalue weighted by atomic mass is 32.1. The van der Waals surface area contributed by atoms with Crippen LogP contribution in [0.5, 0.6) is 5.75 Å². The summed E-state index contributed by atoms with van der Waals surface area (Å²) in [6.07, 6.45) is 1.51. The van der Waals surface area contributed by atoms with Gasteiger partial charge in [0, 0.05) is 27.8 Å². The van der Waals surface area contributed by atoms with E-state index in [1.165, 1.54) is 29.7 Å². The summed E-state index contributed by atoms with van der Waals surface area (Å²) in [6, 6.07) is 13.5. The van der Waals surface area contributed by atoms with Crippen molar-refractivity contribution in [2.45, 2.75) is 6.92 Å². The van der Waals surface area contributed by atoms with Crippen molar-refractivity contribution in [3.05, 3.63) is 69.1 Å². The van der Waals surface area contributed by atoms with E-state index in [9.17, 15) is 14.9 Å². The molecular weight excluding hydrogens is 354 g/mol. The first-order valence-electron chi connectivity index (χ1n) is 7.81. The molecular formula is C18H15N3O4S. The Bertz CT molecular complexity index is 997. The molecule has 0 aliphatic heterocycles. The van der Waals surface area contributed by atoms with Crippen LogP contribution >= 0.6 is 11.3 Å². The first kappa shape index (κ1) is 17.6. The first-order chi connectivity index (χ1) is 12.6.